The first kappa shape index (κ1) is 16.2. The van der Waals surface area contributed by atoms with Crippen molar-refractivity contribution in [3.63, 3.8) is 0 Å². The quantitative estimate of drug-likeness (QED) is 0.452. The predicted octanol–water partition coefficient (Wildman–Crippen LogP) is 6.09. The average molecular weight is 336 g/mol. The lowest BCUT2D eigenvalue weighted by atomic mass is 9.86. The number of hydrogen-bond donors (Lipinski definition) is 0. The molecular weight excluding hydrogens is 316 g/mol. The van der Waals surface area contributed by atoms with Crippen LogP contribution >= 0.6 is 0 Å². The van der Waals surface area contributed by atoms with Crippen LogP contribution in [0.3, 0.4) is 0 Å². The van der Waals surface area contributed by atoms with Gasteiger partial charge >= 0.3 is 0 Å². The first-order valence-corrected chi connectivity index (χ1v) is 8.78. The third-order valence-corrected chi connectivity index (χ3v) is 4.68. The van der Waals surface area contributed by atoms with Gasteiger partial charge < -0.3 is 0 Å². The molecule has 0 spiro atoms. The molecule has 0 saturated heterocycles. The molecule has 4 aromatic rings. The number of rotatable bonds is 3. The molecule has 0 aliphatic carbocycles. The number of pyridine rings is 2. The largest absolute Gasteiger partial charge is 0.256 e. The van der Waals surface area contributed by atoms with Crippen LogP contribution in [0, 0.1) is 13.8 Å². The first-order chi connectivity index (χ1) is 12.8. The third kappa shape index (κ3) is 2.91. The van der Waals surface area contributed by atoms with Crippen LogP contribution in [-0.2, 0) is 0 Å². The standard InChI is InChI=1S/C24H20N2/c1-17-9-7-11-19(21-13-3-5-15-25-21)23(17)24-18(2)10-8-12-20(24)22-14-4-6-16-26-22/h3-16H,1-2H3. The van der Waals surface area contributed by atoms with E-state index in [2.05, 4.69) is 72.3 Å². The predicted molar refractivity (Wildman–Crippen MR) is 108 cm³/mol. The zero-order valence-electron chi connectivity index (χ0n) is 15.0. The summed E-state index contributed by atoms with van der Waals surface area (Å²) in [4.78, 5) is 9.19. The fourth-order valence-corrected chi connectivity index (χ4v) is 3.47. The summed E-state index contributed by atoms with van der Waals surface area (Å²) in [6, 6.07) is 24.9. The van der Waals surface area contributed by atoms with E-state index in [9.17, 15) is 0 Å². The summed E-state index contributed by atoms with van der Waals surface area (Å²) < 4.78 is 0. The highest BCUT2D eigenvalue weighted by Crippen LogP contribution is 2.40. The zero-order chi connectivity index (χ0) is 17.9. The normalized spacial score (nSPS) is 10.7. The number of benzene rings is 2. The zero-order valence-corrected chi connectivity index (χ0v) is 15.0. The average Bonchev–Trinajstić information content (AvgIpc) is 2.69. The van der Waals surface area contributed by atoms with E-state index in [1.54, 1.807) is 0 Å². The van der Waals surface area contributed by atoms with Crippen molar-refractivity contribution in [2.75, 3.05) is 0 Å². The molecule has 2 nitrogen and oxygen atoms in total. The highest BCUT2D eigenvalue weighted by Gasteiger charge is 2.17. The van der Waals surface area contributed by atoms with E-state index in [4.69, 9.17) is 0 Å². The van der Waals surface area contributed by atoms with Crippen LogP contribution in [0.1, 0.15) is 11.1 Å². The second-order valence-electron chi connectivity index (χ2n) is 6.42. The fourth-order valence-electron chi connectivity index (χ4n) is 3.47. The molecule has 126 valence electrons. The van der Waals surface area contributed by atoms with Crippen molar-refractivity contribution in [2.45, 2.75) is 13.8 Å². The van der Waals surface area contributed by atoms with Gasteiger partial charge in [0.2, 0.25) is 0 Å². The van der Waals surface area contributed by atoms with E-state index >= 15 is 0 Å². The Morgan fingerprint density at radius 1 is 0.500 bits per heavy atom. The Bertz CT molecular complexity index is 951. The molecule has 2 aromatic heterocycles. The van der Waals surface area contributed by atoms with E-state index in [1.165, 1.54) is 22.3 Å². The van der Waals surface area contributed by atoms with Crippen LogP contribution in [0.4, 0.5) is 0 Å². The summed E-state index contributed by atoms with van der Waals surface area (Å²) in [6.07, 6.45) is 3.69. The lowest BCUT2D eigenvalue weighted by Crippen LogP contribution is -1.96. The van der Waals surface area contributed by atoms with Gasteiger partial charge in [-0.1, -0.05) is 48.5 Å². The van der Waals surface area contributed by atoms with Gasteiger partial charge in [-0.3, -0.25) is 9.97 Å². The molecule has 0 unspecified atom stereocenters. The number of aryl methyl sites for hydroxylation is 2. The Balaban J connectivity index is 2.04. The van der Waals surface area contributed by atoms with E-state index in [1.807, 2.05) is 36.7 Å². The fraction of sp³-hybridized carbons (Fsp3) is 0.0833. The Labute approximate surface area is 154 Å². The molecule has 0 fully saturated rings. The van der Waals surface area contributed by atoms with Gasteiger partial charge in [-0.05, 0) is 60.4 Å². The molecule has 0 aliphatic rings. The third-order valence-electron chi connectivity index (χ3n) is 4.68. The van der Waals surface area contributed by atoms with Crippen LogP contribution in [-0.4, -0.2) is 9.97 Å². The van der Waals surface area contributed by atoms with Gasteiger partial charge in [0, 0.05) is 23.5 Å². The van der Waals surface area contributed by atoms with Crippen LogP contribution in [0.15, 0.2) is 85.2 Å². The highest BCUT2D eigenvalue weighted by atomic mass is 14.7. The molecule has 0 amide bonds. The van der Waals surface area contributed by atoms with Crippen LogP contribution in [0.25, 0.3) is 33.6 Å². The summed E-state index contributed by atoms with van der Waals surface area (Å²) in [7, 11) is 0. The highest BCUT2D eigenvalue weighted by molar-refractivity contribution is 5.93. The summed E-state index contributed by atoms with van der Waals surface area (Å²) in [5.41, 5.74) is 9.20. The first-order valence-electron chi connectivity index (χ1n) is 8.78. The Hall–Kier alpha value is -3.26. The molecule has 2 heterocycles. The maximum Gasteiger partial charge on any atom is 0.0708 e. The van der Waals surface area contributed by atoms with E-state index in [0.717, 1.165) is 22.5 Å². The van der Waals surface area contributed by atoms with Crippen molar-refractivity contribution < 1.29 is 0 Å². The Morgan fingerprint density at radius 3 is 1.35 bits per heavy atom. The second kappa shape index (κ2) is 6.93. The number of hydrogen-bond acceptors (Lipinski definition) is 2. The SMILES string of the molecule is Cc1cccc(-c2ccccn2)c1-c1c(C)cccc1-c1ccccn1. The molecule has 2 heteroatoms. The molecule has 0 bridgehead atoms. The van der Waals surface area contributed by atoms with Crippen molar-refractivity contribution in [3.05, 3.63) is 96.3 Å². The van der Waals surface area contributed by atoms with E-state index < -0.39 is 0 Å². The second-order valence-corrected chi connectivity index (χ2v) is 6.42. The molecule has 0 saturated carbocycles. The topological polar surface area (TPSA) is 25.8 Å². The molecule has 0 aliphatic heterocycles. The van der Waals surface area contributed by atoms with Crippen LogP contribution in [0.2, 0.25) is 0 Å². The van der Waals surface area contributed by atoms with Crippen molar-refractivity contribution in [1.29, 1.82) is 0 Å². The summed E-state index contributed by atoms with van der Waals surface area (Å²) in [6.45, 7) is 4.33. The van der Waals surface area contributed by atoms with Crippen LogP contribution in [0.5, 0.6) is 0 Å². The molecule has 0 atom stereocenters. The number of nitrogens with zero attached hydrogens (tertiary/aromatic N) is 2. The summed E-state index contributed by atoms with van der Waals surface area (Å²) >= 11 is 0. The summed E-state index contributed by atoms with van der Waals surface area (Å²) in [5.74, 6) is 0. The van der Waals surface area contributed by atoms with Gasteiger partial charge in [0.25, 0.3) is 0 Å². The summed E-state index contributed by atoms with van der Waals surface area (Å²) in [5, 5.41) is 0. The lowest BCUT2D eigenvalue weighted by Gasteiger charge is -2.18. The molecule has 4 rings (SSSR count). The van der Waals surface area contributed by atoms with Crippen LogP contribution < -0.4 is 0 Å². The maximum atomic E-state index is 4.59. The monoisotopic (exact) mass is 336 g/mol. The molecular formula is C24H20N2. The molecule has 0 radical (unpaired) electrons. The van der Waals surface area contributed by atoms with Gasteiger partial charge in [-0.25, -0.2) is 0 Å². The van der Waals surface area contributed by atoms with E-state index in [0.29, 0.717) is 0 Å². The van der Waals surface area contributed by atoms with Gasteiger partial charge in [0.15, 0.2) is 0 Å². The lowest BCUT2D eigenvalue weighted by molar-refractivity contribution is 1.30. The van der Waals surface area contributed by atoms with Gasteiger partial charge in [0.1, 0.15) is 0 Å². The molecule has 2 aromatic carbocycles. The van der Waals surface area contributed by atoms with Gasteiger partial charge in [-0.2, -0.15) is 0 Å². The molecule has 26 heavy (non-hydrogen) atoms. The van der Waals surface area contributed by atoms with Gasteiger partial charge in [-0.15, -0.1) is 0 Å². The minimum absolute atomic E-state index is 0.987. The number of aromatic nitrogens is 2. The smallest absolute Gasteiger partial charge is 0.0708 e. The van der Waals surface area contributed by atoms with Crippen molar-refractivity contribution in [2.24, 2.45) is 0 Å². The minimum Gasteiger partial charge on any atom is -0.256 e. The Kier molecular flexibility index (Phi) is 4.32. The van der Waals surface area contributed by atoms with Crippen molar-refractivity contribution in [3.8, 4) is 33.6 Å². The molecule has 0 N–H and O–H groups in total. The van der Waals surface area contributed by atoms with E-state index in [-0.39, 0.29) is 0 Å². The van der Waals surface area contributed by atoms with Gasteiger partial charge in [0.05, 0.1) is 11.4 Å². The Morgan fingerprint density at radius 2 is 0.962 bits per heavy atom. The maximum absolute atomic E-state index is 4.59. The minimum atomic E-state index is 0.987. The van der Waals surface area contributed by atoms with Crippen molar-refractivity contribution >= 4 is 0 Å². The van der Waals surface area contributed by atoms with Crippen molar-refractivity contribution in [1.82, 2.24) is 9.97 Å².